The Morgan fingerprint density at radius 2 is 1.78 bits per heavy atom. The lowest BCUT2D eigenvalue weighted by molar-refractivity contribution is -0.130. The van der Waals surface area contributed by atoms with Gasteiger partial charge in [0.25, 0.3) is 6.47 Å². The lowest BCUT2D eigenvalue weighted by Crippen LogP contribution is -2.42. The van der Waals surface area contributed by atoms with Crippen LogP contribution in [0.25, 0.3) is 0 Å². The first kappa shape index (κ1) is 23.2. The third kappa shape index (κ3) is 5.07. The zero-order valence-electron chi connectivity index (χ0n) is 18.2. The van der Waals surface area contributed by atoms with E-state index in [9.17, 15) is 14.0 Å². The summed E-state index contributed by atoms with van der Waals surface area (Å²) in [5.74, 6) is 0.111. The monoisotopic (exact) mass is 441 g/mol. The molecule has 7 nitrogen and oxygen atoms in total. The summed E-state index contributed by atoms with van der Waals surface area (Å²) in [6, 6.07) is 15.9. The average Bonchev–Trinajstić information content (AvgIpc) is 3.32. The molecule has 0 spiro atoms. The molecule has 2 saturated heterocycles. The minimum atomic E-state index is -0.307. The second kappa shape index (κ2) is 10.3. The normalized spacial score (nSPS) is 21.4. The summed E-state index contributed by atoms with van der Waals surface area (Å²) in [6.07, 6.45) is 0.380. The van der Waals surface area contributed by atoms with Crippen molar-refractivity contribution < 1.29 is 23.9 Å². The predicted molar refractivity (Wildman–Crippen MR) is 117 cm³/mol. The van der Waals surface area contributed by atoms with Crippen molar-refractivity contribution in [1.82, 2.24) is 14.7 Å². The maximum absolute atomic E-state index is 13.9. The van der Waals surface area contributed by atoms with Crippen molar-refractivity contribution in [3.05, 3.63) is 71.5 Å². The largest absolute Gasteiger partial charge is 0.483 e. The summed E-state index contributed by atoms with van der Waals surface area (Å²) in [5.41, 5.74) is 1.80. The second-order valence-electron chi connectivity index (χ2n) is 8.32. The SMILES string of the molecule is CN(C)C(=O)N1C[C@H]2CN(C(=O)Cc3ccccc3)C[C@H]2[C@H]1c1cccc(F)c1.O=CO. The Morgan fingerprint density at radius 3 is 2.41 bits per heavy atom. The standard InChI is InChI=1S/C23H26FN3O2.CH2O2/c1-25(2)23(29)27-14-18-13-26(21(28)11-16-7-4-3-5-8-16)15-20(18)22(27)17-9-6-10-19(24)12-17;2-1-3/h3-10,12,18,20,22H,11,13-15H2,1-2H3;1H,(H,2,3)/t18-,20-,22-;/m1./s1. The Labute approximate surface area is 187 Å². The van der Waals surface area contributed by atoms with E-state index in [1.165, 1.54) is 12.1 Å². The van der Waals surface area contributed by atoms with E-state index in [-0.39, 0.29) is 42.1 Å². The quantitative estimate of drug-likeness (QED) is 0.743. The molecule has 2 heterocycles. The number of nitrogens with zero attached hydrogens (tertiary/aromatic N) is 3. The molecular weight excluding hydrogens is 413 g/mol. The van der Waals surface area contributed by atoms with Crippen molar-refractivity contribution in [3.63, 3.8) is 0 Å². The van der Waals surface area contributed by atoms with E-state index in [2.05, 4.69) is 0 Å². The van der Waals surface area contributed by atoms with Gasteiger partial charge in [-0.1, -0.05) is 42.5 Å². The van der Waals surface area contributed by atoms with Crippen LogP contribution in [0.1, 0.15) is 17.2 Å². The Kier molecular flexibility index (Phi) is 7.45. The van der Waals surface area contributed by atoms with Gasteiger partial charge in [-0.15, -0.1) is 0 Å². The molecule has 2 aromatic carbocycles. The van der Waals surface area contributed by atoms with E-state index in [0.717, 1.165) is 11.1 Å². The number of fused-ring (bicyclic) bond motifs is 1. The van der Waals surface area contributed by atoms with Crippen LogP contribution in [0, 0.1) is 17.7 Å². The number of benzene rings is 2. The molecule has 0 radical (unpaired) electrons. The molecule has 0 aliphatic carbocycles. The third-order valence-electron chi connectivity index (χ3n) is 6.03. The van der Waals surface area contributed by atoms with Gasteiger partial charge in [0.15, 0.2) is 0 Å². The number of carbonyl (C=O) groups is 3. The summed E-state index contributed by atoms with van der Waals surface area (Å²) in [5, 5.41) is 6.89. The molecule has 2 aromatic rings. The van der Waals surface area contributed by atoms with Crippen molar-refractivity contribution in [2.24, 2.45) is 11.8 Å². The van der Waals surface area contributed by atoms with Crippen LogP contribution < -0.4 is 0 Å². The van der Waals surface area contributed by atoms with Gasteiger partial charge in [0.2, 0.25) is 5.91 Å². The van der Waals surface area contributed by atoms with Crippen molar-refractivity contribution in [1.29, 1.82) is 0 Å². The van der Waals surface area contributed by atoms with E-state index in [0.29, 0.717) is 26.1 Å². The predicted octanol–water partition coefficient (Wildman–Crippen LogP) is 2.88. The van der Waals surface area contributed by atoms with Gasteiger partial charge in [0.05, 0.1) is 12.5 Å². The Bertz CT molecular complexity index is 953. The zero-order chi connectivity index (χ0) is 23.3. The molecule has 0 unspecified atom stereocenters. The highest BCUT2D eigenvalue weighted by atomic mass is 19.1. The number of urea groups is 1. The van der Waals surface area contributed by atoms with Gasteiger partial charge in [-0.05, 0) is 23.3 Å². The molecule has 4 rings (SSSR count). The molecule has 2 fully saturated rings. The van der Waals surface area contributed by atoms with E-state index in [4.69, 9.17) is 9.90 Å². The number of rotatable bonds is 3. The van der Waals surface area contributed by atoms with Gasteiger partial charge >= 0.3 is 6.03 Å². The van der Waals surface area contributed by atoms with Gasteiger partial charge in [0.1, 0.15) is 5.82 Å². The molecule has 3 amide bonds. The lowest BCUT2D eigenvalue weighted by Gasteiger charge is -2.32. The average molecular weight is 442 g/mol. The lowest BCUT2D eigenvalue weighted by atomic mass is 9.89. The third-order valence-corrected chi connectivity index (χ3v) is 6.03. The Balaban J connectivity index is 0.000000913. The van der Waals surface area contributed by atoms with Crippen LogP contribution in [0.2, 0.25) is 0 Å². The molecule has 0 saturated carbocycles. The number of hydrogen-bond acceptors (Lipinski definition) is 3. The summed E-state index contributed by atoms with van der Waals surface area (Å²) in [4.78, 5) is 39.3. The second-order valence-corrected chi connectivity index (χ2v) is 8.32. The van der Waals surface area contributed by atoms with E-state index in [1.54, 1.807) is 25.1 Å². The molecule has 8 heteroatoms. The van der Waals surface area contributed by atoms with Crippen LogP contribution in [-0.2, 0) is 16.0 Å². The summed E-state index contributed by atoms with van der Waals surface area (Å²) >= 11 is 0. The van der Waals surface area contributed by atoms with Crippen LogP contribution in [0.15, 0.2) is 54.6 Å². The smallest absolute Gasteiger partial charge is 0.320 e. The maximum Gasteiger partial charge on any atom is 0.320 e. The summed E-state index contributed by atoms with van der Waals surface area (Å²) in [7, 11) is 3.46. The van der Waals surface area contributed by atoms with Crippen LogP contribution in [0.3, 0.4) is 0 Å². The van der Waals surface area contributed by atoms with Crippen molar-refractivity contribution >= 4 is 18.4 Å². The summed E-state index contributed by atoms with van der Waals surface area (Å²) in [6.45, 7) is 1.56. The molecule has 32 heavy (non-hydrogen) atoms. The number of carbonyl (C=O) groups excluding carboxylic acids is 2. The van der Waals surface area contributed by atoms with E-state index >= 15 is 0 Å². The highest BCUT2D eigenvalue weighted by Gasteiger charge is 2.50. The van der Waals surface area contributed by atoms with Crippen molar-refractivity contribution in [2.45, 2.75) is 12.5 Å². The van der Waals surface area contributed by atoms with Gasteiger partial charge in [-0.2, -0.15) is 0 Å². The fraction of sp³-hybridized carbons (Fsp3) is 0.375. The molecular formula is C24H28FN3O4. The molecule has 0 aromatic heterocycles. The van der Waals surface area contributed by atoms with E-state index < -0.39 is 0 Å². The number of likely N-dealkylation sites (tertiary alicyclic amines) is 2. The number of amides is 3. The first-order chi connectivity index (χ1) is 15.3. The minimum absolute atomic E-state index is 0.0733. The van der Waals surface area contributed by atoms with Crippen LogP contribution in [-0.4, -0.2) is 71.9 Å². The number of halogens is 1. The molecule has 3 atom stereocenters. The molecule has 1 N–H and O–H groups in total. The fourth-order valence-corrected chi connectivity index (χ4v) is 4.70. The van der Waals surface area contributed by atoms with Crippen LogP contribution in [0.5, 0.6) is 0 Å². The summed E-state index contributed by atoms with van der Waals surface area (Å²) < 4.78 is 13.9. The van der Waals surface area contributed by atoms with Gasteiger partial charge in [-0.25, -0.2) is 9.18 Å². The molecule has 170 valence electrons. The maximum atomic E-state index is 13.9. The molecule has 0 bridgehead atoms. The number of carboxylic acid groups (broad SMARTS) is 1. The first-order valence-electron chi connectivity index (χ1n) is 10.5. The van der Waals surface area contributed by atoms with Gasteiger partial charge in [0, 0.05) is 45.6 Å². The minimum Gasteiger partial charge on any atom is -0.483 e. The Hall–Kier alpha value is -3.42. The first-order valence-corrected chi connectivity index (χ1v) is 10.5. The van der Waals surface area contributed by atoms with Crippen molar-refractivity contribution in [3.8, 4) is 0 Å². The zero-order valence-corrected chi connectivity index (χ0v) is 18.2. The highest BCUT2D eigenvalue weighted by molar-refractivity contribution is 5.79. The number of hydrogen-bond donors (Lipinski definition) is 1. The Morgan fingerprint density at radius 1 is 1.09 bits per heavy atom. The molecule has 2 aliphatic heterocycles. The van der Waals surface area contributed by atoms with Crippen LogP contribution in [0.4, 0.5) is 9.18 Å². The molecule has 2 aliphatic rings. The van der Waals surface area contributed by atoms with Gasteiger partial charge < -0.3 is 19.8 Å². The van der Waals surface area contributed by atoms with Crippen molar-refractivity contribution in [2.75, 3.05) is 33.7 Å². The fourth-order valence-electron chi connectivity index (χ4n) is 4.70. The van der Waals surface area contributed by atoms with Crippen LogP contribution >= 0.6 is 0 Å². The highest BCUT2D eigenvalue weighted by Crippen LogP contribution is 2.45. The van der Waals surface area contributed by atoms with Gasteiger partial charge in [-0.3, -0.25) is 9.59 Å². The van der Waals surface area contributed by atoms with E-state index in [1.807, 2.05) is 46.2 Å². The topological polar surface area (TPSA) is 81.2 Å².